The summed E-state index contributed by atoms with van der Waals surface area (Å²) in [5, 5.41) is 9.16. The summed E-state index contributed by atoms with van der Waals surface area (Å²) in [5.41, 5.74) is 1.85. The van der Waals surface area contributed by atoms with Gasteiger partial charge < -0.3 is 4.90 Å². The van der Waals surface area contributed by atoms with Gasteiger partial charge in [0.05, 0.1) is 29.5 Å². The third-order valence-electron chi connectivity index (χ3n) is 4.51. The molecule has 0 radical (unpaired) electrons. The van der Waals surface area contributed by atoms with E-state index in [-0.39, 0.29) is 35.0 Å². The van der Waals surface area contributed by atoms with Gasteiger partial charge in [-0.1, -0.05) is 42.5 Å². The normalized spacial score (nSPS) is 11.0. The average Bonchev–Trinajstić information content (AvgIpc) is 2.71. The maximum absolute atomic E-state index is 14.0. The lowest BCUT2D eigenvalue weighted by molar-refractivity contribution is -0.118. The highest BCUT2D eigenvalue weighted by molar-refractivity contribution is 7.90. The molecule has 3 aromatic carbocycles. The molecule has 0 atom stereocenters. The number of hydrogen-bond acceptors (Lipinski definition) is 4. The highest BCUT2D eigenvalue weighted by atomic mass is 32.2. The first kappa shape index (κ1) is 21.2. The summed E-state index contributed by atoms with van der Waals surface area (Å²) in [7, 11) is -3.34. The molecular formula is C23H19FN2O3S. The van der Waals surface area contributed by atoms with Crippen molar-refractivity contribution in [3.63, 3.8) is 0 Å². The molecule has 0 aliphatic carbocycles. The number of amides is 1. The maximum Gasteiger partial charge on any atom is 0.231 e. The monoisotopic (exact) mass is 422 g/mol. The second kappa shape index (κ2) is 8.89. The van der Waals surface area contributed by atoms with E-state index >= 15 is 0 Å². The summed E-state index contributed by atoms with van der Waals surface area (Å²) in [6, 6.07) is 21.0. The number of carbonyl (C=O) groups excluding carboxylic acids is 1. The largest absolute Gasteiger partial charge is 0.308 e. The molecule has 7 heteroatoms. The summed E-state index contributed by atoms with van der Waals surface area (Å²) in [4.78, 5) is 14.6. The van der Waals surface area contributed by atoms with Gasteiger partial charge in [-0.25, -0.2) is 12.8 Å². The summed E-state index contributed by atoms with van der Waals surface area (Å²) in [6.07, 6.45) is 1.22. The Morgan fingerprint density at radius 1 is 1.00 bits per heavy atom. The van der Waals surface area contributed by atoms with Crippen LogP contribution >= 0.6 is 0 Å². The van der Waals surface area contributed by atoms with Gasteiger partial charge in [0.1, 0.15) is 5.82 Å². The molecule has 0 N–H and O–H groups in total. The SMILES string of the molecule is CS(=O)(=O)c1ccc(CN(C(=O)Cc2ccccc2)c2cc(F)cc(C#N)c2)cc1. The van der Waals surface area contributed by atoms with Gasteiger partial charge in [0, 0.05) is 11.9 Å². The van der Waals surface area contributed by atoms with Crippen LogP contribution in [0, 0.1) is 17.1 Å². The van der Waals surface area contributed by atoms with Crippen molar-refractivity contribution in [1.29, 1.82) is 5.26 Å². The molecule has 0 heterocycles. The zero-order chi connectivity index (χ0) is 21.7. The lowest BCUT2D eigenvalue weighted by atomic mass is 10.1. The van der Waals surface area contributed by atoms with E-state index in [1.54, 1.807) is 12.1 Å². The molecule has 0 aromatic heterocycles. The molecule has 3 rings (SSSR count). The van der Waals surface area contributed by atoms with Gasteiger partial charge in [0.25, 0.3) is 0 Å². The fourth-order valence-electron chi connectivity index (χ4n) is 3.01. The molecule has 30 heavy (non-hydrogen) atoms. The number of nitrogens with zero attached hydrogens (tertiary/aromatic N) is 2. The van der Waals surface area contributed by atoms with E-state index in [9.17, 15) is 17.6 Å². The van der Waals surface area contributed by atoms with Crippen LogP contribution in [-0.2, 0) is 27.6 Å². The Bertz CT molecular complexity index is 1200. The van der Waals surface area contributed by atoms with Gasteiger partial charge in [0.15, 0.2) is 9.84 Å². The summed E-state index contributed by atoms with van der Waals surface area (Å²) in [6.45, 7) is 0.101. The van der Waals surface area contributed by atoms with Crippen LogP contribution in [0.25, 0.3) is 0 Å². The van der Waals surface area contributed by atoms with E-state index < -0.39 is 15.7 Å². The third kappa shape index (κ3) is 5.31. The molecule has 0 saturated heterocycles. The maximum atomic E-state index is 14.0. The molecule has 0 saturated carbocycles. The quantitative estimate of drug-likeness (QED) is 0.604. The van der Waals surface area contributed by atoms with E-state index in [0.29, 0.717) is 5.56 Å². The van der Waals surface area contributed by atoms with Gasteiger partial charge in [-0.2, -0.15) is 5.26 Å². The minimum atomic E-state index is -3.34. The Balaban J connectivity index is 1.96. The number of sulfone groups is 1. The van der Waals surface area contributed by atoms with Crippen molar-refractivity contribution in [3.8, 4) is 6.07 Å². The molecule has 0 aliphatic rings. The fraction of sp³-hybridized carbons (Fsp3) is 0.130. The van der Waals surface area contributed by atoms with E-state index in [4.69, 9.17) is 5.26 Å². The summed E-state index contributed by atoms with van der Waals surface area (Å²) >= 11 is 0. The van der Waals surface area contributed by atoms with Crippen molar-refractivity contribution in [2.24, 2.45) is 0 Å². The van der Waals surface area contributed by atoms with E-state index in [1.165, 1.54) is 29.2 Å². The van der Waals surface area contributed by atoms with Crippen LogP contribution in [0.1, 0.15) is 16.7 Å². The molecule has 1 amide bonds. The highest BCUT2D eigenvalue weighted by Crippen LogP contribution is 2.23. The standard InChI is InChI=1S/C23H19FN2O3S/c1-30(28,29)22-9-7-18(8-10-22)16-26(21-12-19(15-25)11-20(24)14-21)23(27)13-17-5-3-2-4-6-17/h2-12,14H,13,16H2,1H3. The summed E-state index contributed by atoms with van der Waals surface area (Å²) in [5.74, 6) is -0.892. The Hall–Kier alpha value is -3.50. The second-order valence-corrected chi connectivity index (χ2v) is 8.88. The molecule has 0 spiro atoms. The molecular weight excluding hydrogens is 403 g/mol. The zero-order valence-corrected chi connectivity index (χ0v) is 17.1. The second-order valence-electron chi connectivity index (χ2n) is 6.87. The molecule has 0 bridgehead atoms. The smallest absolute Gasteiger partial charge is 0.231 e. The zero-order valence-electron chi connectivity index (χ0n) is 16.2. The Labute approximate surface area is 174 Å². The van der Waals surface area contributed by atoms with Gasteiger partial charge in [-0.05, 0) is 41.5 Å². The molecule has 0 unspecified atom stereocenters. The van der Waals surface area contributed by atoms with Crippen molar-refractivity contribution in [3.05, 3.63) is 95.3 Å². The van der Waals surface area contributed by atoms with Gasteiger partial charge in [-0.15, -0.1) is 0 Å². The first-order valence-corrected chi connectivity index (χ1v) is 11.0. The minimum Gasteiger partial charge on any atom is -0.308 e. The van der Waals surface area contributed by atoms with Crippen LogP contribution < -0.4 is 4.90 Å². The fourth-order valence-corrected chi connectivity index (χ4v) is 3.64. The van der Waals surface area contributed by atoms with Crippen LogP contribution in [0.2, 0.25) is 0 Å². The predicted octanol–water partition coefficient (Wildman–Crippen LogP) is 3.88. The number of halogens is 1. The highest BCUT2D eigenvalue weighted by Gasteiger charge is 2.19. The number of nitriles is 1. The van der Waals surface area contributed by atoms with Crippen molar-refractivity contribution < 1.29 is 17.6 Å². The molecule has 5 nitrogen and oxygen atoms in total. The topological polar surface area (TPSA) is 78.2 Å². The lowest BCUT2D eigenvalue weighted by Crippen LogP contribution is -2.32. The third-order valence-corrected chi connectivity index (χ3v) is 5.64. The van der Waals surface area contributed by atoms with Gasteiger partial charge >= 0.3 is 0 Å². The number of carbonyl (C=O) groups is 1. The number of benzene rings is 3. The average molecular weight is 422 g/mol. The Morgan fingerprint density at radius 3 is 2.27 bits per heavy atom. The van der Waals surface area contributed by atoms with Crippen LogP contribution in [0.3, 0.4) is 0 Å². The van der Waals surface area contributed by atoms with Gasteiger partial charge in [-0.3, -0.25) is 4.79 Å². The predicted molar refractivity (Wildman–Crippen MR) is 112 cm³/mol. The molecule has 152 valence electrons. The number of rotatable bonds is 6. The van der Waals surface area contributed by atoms with E-state index in [0.717, 1.165) is 17.9 Å². The number of anilines is 1. The Kier molecular flexibility index (Phi) is 6.28. The van der Waals surface area contributed by atoms with Crippen LogP contribution in [-0.4, -0.2) is 20.6 Å². The van der Waals surface area contributed by atoms with Crippen molar-refractivity contribution in [2.75, 3.05) is 11.2 Å². The van der Waals surface area contributed by atoms with Crippen LogP contribution in [0.4, 0.5) is 10.1 Å². The lowest BCUT2D eigenvalue weighted by Gasteiger charge is -2.24. The molecule has 0 fully saturated rings. The first-order chi connectivity index (χ1) is 14.3. The minimum absolute atomic E-state index is 0.0979. The summed E-state index contributed by atoms with van der Waals surface area (Å²) < 4.78 is 37.4. The van der Waals surface area contributed by atoms with E-state index in [1.807, 2.05) is 36.4 Å². The molecule has 3 aromatic rings. The van der Waals surface area contributed by atoms with Crippen molar-refractivity contribution in [1.82, 2.24) is 0 Å². The van der Waals surface area contributed by atoms with Crippen LogP contribution in [0.15, 0.2) is 77.7 Å². The van der Waals surface area contributed by atoms with Crippen LogP contribution in [0.5, 0.6) is 0 Å². The molecule has 0 aliphatic heterocycles. The Morgan fingerprint density at radius 2 is 1.67 bits per heavy atom. The van der Waals surface area contributed by atoms with Gasteiger partial charge in [0.2, 0.25) is 5.91 Å². The first-order valence-electron chi connectivity index (χ1n) is 9.10. The van der Waals surface area contributed by atoms with E-state index in [2.05, 4.69) is 0 Å². The number of hydrogen-bond donors (Lipinski definition) is 0. The van der Waals surface area contributed by atoms with Crippen molar-refractivity contribution >= 4 is 21.4 Å². The van der Waals surface area contributed by atoms with Crippen molar-refractivity contribution in [2.45, 2.75) is 17.9 Å².